The monoisotopic (exact) mass is 488 g/mol. The Morgan fingerprint density at radius 1 is 1.18 bits per heavy atom. The molecule has 2 aromatic rings. The molecule has 1 aromatic carbocycles. The molecular formula is C22H28F4N4O2S. The summed E-state index contributed by atoms with van der Waals surface area (Å²) in [7, 11) is -1.16. The maximum absolute atomic E-state index is 13.7. The van der Waals surface area contributed by atoms with Gasteiger partial charge in [0, 0.05) is 50.1 Å². The van der Waals surface area contributed by atoms with Crippen LogP contribution in [0.15, 0.2) is 18.2 Å². The molecule has 1 unspecified atom stereocenters. The number of likely N-dealkylation sites (tertiary alicyclic amines) is 1. The lowest BCUT2D eigenvalue weighted by atomic mass is 9.86. The molecule has 4 rings (SSSR count). The van der Waals surface area contributed by atoms with E-state index in [1.807, 2.05) is 13.8 Å². The fraction of sp³-hybridized carbons (Fsp3) is 0.545. The molecule has 3 heterocycles. The number of nitrogens with zero attached hydrogens (tertiary/aromatic N) is 3. The molecule has 1 saturated heterocycles. The van der Waals surface area contributed by atoms with Crippen LogP contribution in [0.4, 0.5) is 17.6 Å². The van der Waals surface area contributed by atoms with E-state index in [-0.39, 0.29) is 30.3 Å². The summed E-state index contributed by atoms with van der Waals surface area (Å²) in [5.41, 5.74) is 0.948. The molecule has 33 heavy (non-hydrogen) atoms. The topological polar surface area (TPSA) is 69.3 Å². The Labute approximate surface area is 192 Å². The Morgan fingerprint density at radius 2 is 1.85 bits per heavy atom. The molecule has 0 aliphatic carbocycles. The van der Waals surface area contributed by atoms with E-state index in [4.69, 9.17) is 0 Å². The molecule has 1 aromatic heterocycles. The Hall–Kier alpha value is -2.27. The average molecular weight is 489 g/mol. The number of benzene rings is 1. The number of piperidine rings is 1. The van der Waals surface area contributed by atoms with Crippen molar-refractivity contribution in [1.29, 1.82) is 0 Å². The average Bonchev–Trinajstić information content (AvgIpc) is 3.22. The van der Waals surface area contributed by atoms with Gasteiger partial charge in [-0.25, -0.2) is 12.9 Å². The Bertz CT molecular complexity index is 1020. The minimum absolute atomic E-state index is 0.0576. The van der Waals surface area contributed by atoms with Crippen LogP contribution in [0.25, 0.3) is 0 Å². The van der Waals surface area contributed by atoms with E-state index in [1.54, 1.807) is 15.5 Å². The van der Waals surface area contributed by atoms with Gasteiger partial charge in [0.1, 0.15) is 5.82 Å². The van der Waals surface area contributed by atoms with E-state index >= 15 is 0 Å². The number of nitrogens with one attached hydrogen (secondary N) is 1. The highest BCUT2D eigenvalue weighted by Gasteiger charge is 2.37. The molecule has 11 heteroatoms. The Balaban J connectivity index is 0.00000149. The molecular weight excluding hydrogens is 460 g/mol. The molecule has 0 bridgehead atoms. The number of hydrogen-bond acceptors (Lipinski definition) is 3. The fourth-order valence-electron chi connectivity index (χ4n) is 4.34. The van der Waals surface area contributed by atoms with Gasteiger partial charge in [-0.3, -0.25) is 9.89 Å². The second-order valence-corrected chi connectivity index (χ2v) is 9.23. The minimum atomic E-state index is -4.56. The highest BCUT2D eigenvalue weighted by molar-refractivity contribution is 7.81. The predicted octanol–water partition coefficient (Wildman–Crippen LogP) is 4.27. The molecule has 1 atom stereocenters. The Morgan fingerprint density at radius 3 is 2.45 bits per heavy atom. The van der Waals surface area contributed by atoms with Crippen LogP contribution in [0, 0.1) is 5.82 Å². The summed E-state index contributed by atoms with van der Waals surface area (Å²) in [6, 6.07) is 2.55. The van der Waals surface area contributed by atoms with Crippen LogP contribution in [0.2, 0.25) is 0 Å². The summed E-state index contributed by atoms with van der Waals surface area (Å²) in [6.45, 7) is 5.46. The van der Waals surface area contributed by atoms with Gasteiger partial charge in [-0.05, 0) is 42.5 Å². The molecule has 0 saturated carbocycles. The smallest absolute Gasteiger partial charge is 0.337 e. The SMILES string of the molecule is CC.CS(=O)N1CCc2[nH]nc(C(=O)N3CCC(c4cc(F)ccc4C(F)(F)F)CC3)c2C1. The maximum Gasteiger partial charge on any atom is 0.416 e. The summed E-state index contributed by atoms with van der Waals surface area (Å²) < 4.78 is 67.3. The van der Waals surface area contributed by atoms with Crippen molar-refractivity contribution in [2.45, 2.75) is 51.7 Å². The number of carbonyl (C=O) groups is 1. The van der Waals surface area contributed by atoms with Gasteiger partial charge < -0.3 is 4.90 Å². The zero-order valence-electron chi connectivity index (χ0n) is 18.8. The molecule has 0 spiro atoms. The Kier molecular flexibility index (Phi) is 7.94. The lowest BCUT2D eigenvalue weighted by Gasteiger charge is -2.33. The summed E-state index contributed by atoms with van der Waals surface area (Å²) in [5.74, 6) is -1.49. The van der Waals surface area contributed by atoms with E-state index in [0.29, 0.717) is 32.4 Å². The van der Waals surface area contributed by atoms with Crippen LogP contribution < -0.4 is 0 Å². The summed E-state index contributed by atoms with van der Waals surface area (Å²) in [6.07, 6.45) is -1.77. The minimum Gasteiger partial charge on any atom is -0.337 e. The summed E-state index contributed by atoms with van der Waals surface area (Å²) in [5, 5.41) is 7.04. The third kappa shape index (κ3) is 5.46. The first-order valence-electron chi connectivity index (χ1n) is 11.0. The molecule has 1 amide bonds. The zero-order valence-corrected chi connectivity index (χ0v) is 19.7. The largest absolute Gasteiger partial charge is 0.416 e. The fourth-order valence-corrected chi connectivity index (χ4v) is 5.00. The first kappa shape index (κ1) is 25.4. The van der Waals surface area contributed by atoms with E-state index in [1.165, 1.54) is 0 Å². The van der Waals surface area contributed by atoms with Gasteiger partial charge in [0.15, 0.2) is 5.69 Å². The van der Waals surface area contributed by atoms with Crippen molar-refractivity contribution in [3.8, 4) is 0 Å². The number of aromatic nitrogens is 2. The number of H-pyrrole nitrogens is 1. The highest BCUT2D eigenvalue weighted by atomic mass is 32.2. The van der Waals surface area contributed by atoms with Crippen molar-refractivity contribution in [2.24, 2.45) is 0 Å². The van der Waals surface area contributed by atoms with Crippen molar-refractivity contribution < 1.29 is 26.6 Å². The van der Waals surface area contributed by atoms with Crippen molar-refractivity contribution >= 4 is 16.9 Å². The van der Waals surface area contributed by atoms with Gasteiger partial charge in [-0.2, -0.15) is 18.3 Å². The molecule has 2 aliphatic rings. The lowest BCUT2D eigenvalue weighted by Crippen LogP contribution is -2.39. The molecule has 6 nitrogen and oxygen atoms in total. The van der Waals surface area contributed by atoms with E-state index < -0.39 is 34.5 Å². The van der Waals surface area contributed by atoms with Gasteiger partial charge in [0.2, 0.25) is 0 Å². The van der Waals surface area contributed by atoms with E-state index in [0.717, 1.165) is 29.5 Å². The number of halogens is 4. The number of fused-ring (bicyclic) bond motifs is 1. The number of alkyl halides is 3. The molecule has 182 valence electrons. The molecule has 0 radical (unpaired) electrons. The summed E-state index contributed by atoms with van der Waals surface area (Å²) in [4.78, 5) is 14.6. The highest BCUT2D eigenvalue weighted by Crippen LogP contribution is 2.39. The quantitative estimate of drug-likeness (QED) is 0.657. The third-order valence-electron chi connectivity index (χ3n) is 6.01. The van der Waals surface area contributed by atoms with Gasteiger partial charge in [0.25, 0.3) is 5.91 Å². The van der Waals surface area contributed by atoms with Gasteiger partial charge in [-0.15, -0.1) is 0 Å². The molecule has 1 N–H and O–H groups in total. The van der Waals surface area contributed by atoms with Crippen LogP contribution in [0.5, 0.6) is 0 Å². The van der Waals surface area contributed by atoms with Crippen molar-refractivity contribution in [3.63, 3.8) is 0 Å². The second kappa shape index (κ2) is 10.3. The first-order valence-corrected chi connectivity index (χ1v) is 12.5. The number of hydrogen-bond donors (Lipinski definition) is 1. The maximum atomic E-state index is 13.7. The number of aromatic amines is 1. The zero-order chi connectivity index (χ0) is 24.3. The van der Waals surface area contributed by atoms with Gasteiger partial charge >= 0.3 is 6.18 Å². The number of amides is 1. The lowest BCUT2D eigenvalue weighted by molar-refractivity contribution is -0.138. The predicted molar refractivity (Wildman–Crippen MR) is 117 cm³/mol. The second-order valence-electron chi connectivity index (χ2n) is 7.86. The number of carbonyl (C=O) groups excluding carboxylic acids is 1. The van der Waals surface area contributed by atoms with E-state index in [9.17, 15) is 26.6 Å². The van der Waals surface area contributed by atoms with E-state index in [2.05, 4.69) is 10.2 Å². The van der Waals surface area contributed by atoms with Gasteiger partial charge in [-0.1, -0.05) is 13.8 Å². The van der Waals surface area contributed by atoms with Crippen LogP contribution in [0.1, 0.15) is 65.5 Å². The third-order valence-corrected chi connectivity index (χ3v) is 7.04. The van der Waals surface area contributed by atoms with Crippen LogP contribution in [0.3, 0.4) is 0 Å². The molecule has 1 fully saturated rings. The van der Waals surface area contributed by atoms with Crippen molar-refractivity contribution in [1.82, 2.24) is 19.4 Å². The van der Waals surface area contributed by atoms with Gasteiger partial charge in [0.05, 0.1) is 16.5 Å². The normalized spacial score (nSPS) is 18.3. The van der Waals surface area contributed by atoms with Crippen LogP contribution in [-0.2, 0) is 30.1 Å². The number of rotatable bonds is 3. The standard InChI is InChI=1S/C20H22F4N4O2S.C2H6/c1-31(30)28-9-6-17-15(11-28)18(26-25-17)19(29)27-7-4-12(5-8-27)14-10-13(21)2-3-16(14)20(22,23)24;1-2/h2-3,10,12H,4-9,11H2,1H3,(H,25,26);1-2H3. The van der Waals surface area contributed by atoms with Crippen LogP contribution in [-0.4, -0.2) is 55.4 Å². The van der Waals surface area contributed by atoms with Crippen molar-refractivity contribution in [3.05, 3.63) is 52.1 Å². The first-order chi connectivity index (χ1) is 15.6. The molecule has 2 aliphatic heterocycles. The van der Waals surface area contributed by atoms with Crippen molar-refractivity contribution in [2.75, 3.05) is 25.9 Å². The van der Waals surface area contributed by atoms with Crippen LogP contribution >= 0.6 is 0 Å². The summed E-state index contributed by atoms with van der Waals surface area (Å²) >= 11 is 0.